The first kappa shape index (κ1) is 18.2. The van der Waals surface area contributed by atoms with Crippen molar-refractivity contribution in [1.82, 2.24) is 25.6 Å². The Balaban J connectivity index is 1.82. The predicted molar refractivity (Wildman–Crippen MR) is 96.9 cm³/mol. The van der Waals surface area contributed by atoms with Gasteiger partial charge in [0.25, 0.3) is 0 Å². The smallest absolute Gasteiger partial charge is 0.178 e. The summed E-state index contributed by atoms with van der Waals surface area (Å²) in [6, 6.07) is 12.2. The average Bonchev–Trinajstić information content (AvgIpc) is 3.20. The Bertz CT molecular complexity index is 775. The number of tetrazole rings is 1. The van der Waals surface area contributed by atoms with E-state index in [0.717, 1.165) is 23.1 Å². The maximum Gasteiger partial charge on any atom is 0.178 e. The summed E-state index contributed by atoms with van der Waals surface area (Å²) in [5.41, 5.74) is 3.30. The van der Waals surface area contributed by atoms with Crippen LogP contribution < -0.4 is 0 Å². The Morgan fingerprint density at radius 3 is 2.27 bits per heavy atom. The topological polar surface area (TPSA) is 108 Å². The van der Waals surface area contributed by atoms with Crippen LogP contribution in [0.4, 0.5) is 0 Å². The van der Waals surface area contributed by atoms with Gasteiger partial charge in [0, 0.05) is 24.2 Å². The van der Waals surface area contributed by atoms with Gasteiger partial charge in [-0.2, -0.15) is 5.21 Å². The molecule has 0 saturated heterocycles. The zero-order valence-corrected chi connectivity index (χ0v) is 14.7. The lowest BCUT2D eigenvalue weighted by atomic mass is 9.82. The third-order valence-electron chi connectivity index (χ3n) is 4.64. The highest BCUT2D eigenvalue weighted by Gasteiger charge is 2.31. The number of hydrogen-bond acceptors (Lipinski definition) is 6. The second-order valence-electron chi connectivity index (χ2n) is 6.38. The van der Waals surface area contributed by atoms with E-state index >= 15 is 0 Å². The molecule has 136 valence electrons. The molecular formula is C19H23N5O2. The summed E-state index contributed by atoms with van der Waals surface area (Å²) < 4.78 is 0. The van der Waals surface area contributed by atoms with E-state index in [1.165, 1.54) is 0 Å². The molecule has 0 saturated carbocycles. The normalized spacial score (nSPS) is 13.7. The molecule has 0 unspecified atom stereocenters. The van der Waals surface area contributed by atoms with Gasteiger partial charge < -0.3 is 10.2 Å². The molecule has 0 aliphatic carbocycles. The number of hydrogen-bond donors (Lipinski definition) is 3. The quantitative estimate of drug-likeness (QED) is 0.536. The number of nitrogens with one attached hydrogen (secondary N) is 1. The molecule has 0 aliphatic rings. The first-order valence-electron chi connectivity index (χ1n) is 8.78. The van der Waals surface area contributed by atoms with Crippen molar-refractivity contribution in [2.75, 3.05) is 0 Å². The van der Waals surface area contributed by atoms with Crippen LogP contribution in [0, 0.1) is 5.92 Å². The first-order valence-corrected chi connectivity index (χ1v) is 8.78. The van der Waals surface area contributed by atoms with E-state index in [9.17, 15) is 10.2 Å². The molecule has 0 fully saturated rings. The minimum atomic E-state index is -1.42. The maximum atomic E-state index is 9.85. The molecule has 0 aliphatic heterocycles. The maximum absolute atomic E-state index is 9.85. The van der Waals surface area contributed by atoms with Gasteiger partial charge >= 0.3 is 0 Å². The van der Waals surface area contributed by atoms with Gasteiger partial charge in [0.05, 0.1) is 0 Å². The first-order chi connectivity index (χ1) is 12.7. The number of aliphatic hydroxyl groups excluding tert-OH is 1. The standard InChI is InChI=1S/C19H23N5O2/c1-2-3-16(19(25)26)17(18-21-23-24-22-18)12-13-4-6-14(7-5-13)15-8-10-20-11-9-15/h4-11,16-17,19,25-26H,2-3,12H2,1H3,(H,21,22,23,24)/t16-,17-/m0/s1. The molecule has 0 spiro atoms. The molecule has 0 radical (unpaired) electrons. The fraction of sp³-hybridized carbons (Fsp3) is 0.368. The molecule has 3 N–H and O–H groups in total. The van der Waals surface area contributed by atoms with Gasteiger partial charge in [-0.25, -0.2) is 0 Å². The van der Waals surface area contributed by atoms with Crippen LogP contribution in [0.3, 0.4) is 0 Å². The van der Waals surface area contributed by atoms with E-state index in [0.29, 0.717) is 18.7 Å². The van der Waals surface area contributed by atoms with Gasteiger partial charge in [0.15, 0.2) is 12.1 Å². The second kappa shape index (κ2) is 8.64. The number of nitrogens with zero attached hydrogens (tertiary/aromatic N) is 4. The van der Waals surface area contributed by atoms with E-state index in [-0.39, 0.29) is 11.8 Å². The zero-order chi connectivity index (χ0) is 18.4. The molecule has 1 aromatic carbocycles. The van der Waals surface area contributed by atoms with Crippen molar-refractivity contribution < 1.29 is 10.2 Å². The van der Waals surface area contributed by atoms with Crippen molar-refractivity contribution in [3.63, 3.8) is 0 Å². The Hall–Kier alpha value is -2.64. The number of H-pyrrole nitrogens is 1. The minimum Gasteiger partial charge on any atom is -0.368 e. The predicted octanol–water partition coefficient (Wildman–Crippen LogP) is 2.31. The summed E-state index contributed by atoms with van der Waals surface area (Å²) in [6.07, 6.45) is 4.25. The number of pyridine rings is 1. The van der Waals surface area contributed by atoms with E-state index in [2.05, 4.69) is 49.9 Å². The summed E-state index contributed by atoms with van der Waals surface area (Å²) >= 11 is 0. The lowest BCUT2D eigenvalue weighted by Crippen LogP contribution is -2.28. The molecule has 7 nitrogen and oxygen atoms in total. The van der Waals surface area contributed by atoms with Crippen molar-refractivity contribution >= 4 is 0 Å². The number of benzene rings is 1. The average molecular weight is 353 g/mol. The van der Waals surface area contributed by atoms with Crippen LogP contribution in [-0.4, -0.2) is 42.1 Å². The number of rotatable bonds is 8. The molecule has 3 rings (SSSR count). The van der Waals surface area contributed by atoms with Gasteiger partial charge in [-0.15, -0.1) is 10.2 Å². The fourth-order valence-electron chi connectivity index (χ4n) is 3.28. The van der Waals surface area contributed by atoms with Crippen LogP contribution in [0.1, 0.15) is 37.1 Å². The highest BCUT2D eigenvalue weighted by Crippen LogP contribution is 2.32. The Morgan fingerprint density at radius 2 is 1.69 bits per heavy atom. The Labute approximate surface area is 152 Å². The van der Waals surface area contributed by atoms with Gasteiger partial charge in [-0.05, 0) is 41.7 Å². The fourth-order valence-corrected chi connectivity index (χ4v) is 3.28. The Kier molecular flexibility index (Phi) is 6.04. The molecule has 2 heterocycles. The van der Waals surface area contributed by atoms with E-state index in [1.54, 1.807) is 12.4 Å². The zero-order valence-electron chi connectivity index (χ0n) is 14.7. The van der Waals surface area contributed by atoms with Crippen molar-refractivity contribution in [2.45, 2.75) is 38.4 Å². The van der Waals surface area contributed by atoms with Crippen molar-refractivity contribution in [3.05, 3.63) is 60.2 Å². The minimum absolute atomic E-state index is 0.222. The summed E-state index contributed by atoms with van der Waals surface area (Å²) in [5.74, 6) is -0.0623. The van der Waals surface area contributed by atoms with Crippen LogP contribution in [0.25, 0.3) is 11.1 Å². The summed E-state index contributed by atoms with van der Waals surface area (Å²) in [4.78, 5) is 4.04. The van der Waals surface area contributed by atoms with Crippen molar-refractivity contribution in [3.8, 4) is 11.1 Å². The van der Waals surface area contributed by atoms with Crippen LogP contribution in [0.15, 0.2) is 48.8 Å². The van der Waals surface area contributed by atoms with Crippen LogP contribution in [0.2, 0.25) is 0 Å². The third kappa shape index (κ3) is 4.30. The highest BCUT2D eigenvalue weighted by molar-refractivity contribution is 5.62. The van der Waals surface area contributed by atoms with Gasteiger partial charge in [-0.3, -0.25) is 4.98 Å². The monoisotopic (exact) mass is 353 g/mol. The molecule has 0 bridgehead atoms. The van der Waals surface area contributed by atoms with E-state index in [1.807, 2.05) is 19.1 Å². The van der Waals surface area contributed by atoms with Crippen LogP contribution >= 0.6 is 0 Å². The Morgan fingerprint density at radius 1 is 1.00 bits per heavy atom. The molecular weight excluding hydrogens is 330 g/mol. The van der Waals surface area contributed by atoms with Crippen molar-refractivity contribution in [1.29, 1.82) is 0 Å². The van der Waals surface area contributed by atoms with Crippen LogP contribution in [-0.2, 0) is 6.42 Å². The molecule has 26 heavy (non-hydrogen) atoms. The number of aromatic amines is 1. The number of aromatic nitrogens is 5. The SMILES string of the molecule is CCC[C@H](C(O)O)[C@H](Cc1ccc(-c2ccncc2)cc1)c1nn[nH]n1. The van der Waals surface area contributed by atoms with Gasteiger partial charge in [0.1, 0.15) is 0 Å². The third-order valence-corrected chi connectivity index (χ3v) is 4.64. The lowest BCUT2D eigenvalue weighted by molar-refractivity contribution is -0.0943. The molecule has 2 atom stereocenters. The summed E-state index contributed by atoms with van der Waals surface area (Å²) in [5, 5.41) is 34.0. The lowest BCUT2D eigenvalue weighted by Gasteiger charge is -2.26. The second-order valence-corrected chi connectivity index (χ2v) is 6.38. The molecule has 2 aromatic heterocycles. The molecule has 7 heteroatoms. The highest BCUT2D eigenvalue weighted by atomic mass is 16.5. The largest absolute Gasteiger partial charge is 0.368 e. The summed E-state index contributed by atoms with van der Waals surface area (Å²) in [7, 11) is 0. The van der Waals surface area contributed by atoms with Gasteiger partial charge in [-0.1, -0.05) is 42.8 Å². The van der Waals surface area contributed by atoms with Crippen LogP contribution in [0.5, 0.6) is 0 Å². The van der Waals surface area contributed by atoms with E-state index < -0.39 is 6.29 Å². The van der Waals surface area contributed by atoms with Gasteiger partial charge in [0.2, 0.25) is 0 Å². The number of aliphatic hydroxyl groups is 2. The van der Waals surface area contributed by atoms with E-state index in [4.69, 9.17) is 0 Å². The molecule has 0 amide bonds. The molecule has 3 aromatic rings. The van der Waals surface area contributed by atoms with Crippen molar-refractivity contribution in [2.24, 2.45) is 5.92 Å². The summed E-state index contributed by atoms with van der Waals surface area (Å²) in [6.45, 7) is 2.02.